The summed E-state index contributed by atoms with van der Waals surface area (Å²) in [5, 5.41) is 3.41. The lowest BCUT2D eigenvalue weighted by atomic mass is 10.0. The molecule has 0 aliphatic rings. The molecule has 18 heavy (non-hydrogen) atoms. The Labute approximate surface area is 111 Å². The normalized spacial score (nSPS) is 13.5. The van der Waals surface area contributed by atoms with Crippen molar-refractivity contribution in [3.05, 3.63) is 35.4 Å². The van der Waals surface area contributed by atoms with Crippen molar-refractivity contribution in [1.29, 1.82) is 0 Å². The van der Waals surface area contributed by atoms with Gasteiger partial charge in [0.05, 0.1) is 5.75 Å². The molecule has 0 spiro atoms. The van der Waals surface area contributed by atoms with E-state index in [1.54, 1.807) is 0 Å². The second kappa shape index (κ2) is 6.90. The molecule has 1 rings (SSSR count). The van der Waals surface area contributed by atoms with Crippen LogP contribution in [0, 0.1) is 6.92 Å². The number of hydrogen-bond donors (Lipinski definition) is 1. The minimum absolute atomic E-state index is 0.125. The van der Waals surface area contributed by atoms with Gasteiger partial charge in [-0.1, -0.05) is 36.8 Å². The van der Waals surface area contributed by atoms with Gasteiger partial charge < -0.3 is 5.32 Å². The average molecular weight is 269 g/mol. The first kappa shape index (κ1) is 15.2. The van der Waals surface area contributed by atoms with Gasteiger partial charge in [-0.15, -0.1) is 0 Å². The molecular formula is C14H23NO2S. The average Bonchev–Trinajstić information content (AvgIpc) is 2.29. The molecule has 0 saturated heterocycles. The maximum absolute atomic E-state index is 11.3. The first-order valence-electron chi connectivity index (χ1n) is 6.40. The molecule has 0 saturated carbocycles. The quantitative estimate of drug-likeness (QED) is 0.827. The number of hydrogen-bond acceptors (Lipinski definition) is 3. The van der Waals surface area contributed by atoms with Crippen molar-refractivity contribution >= 4 is 9.84 Å². The highest BCUT2D eigenvalue weighted by atomic mass is 32.2. The fourth-order valence-corrected chi connectivity index (χ4v) is 2.50. The predicted molar refractivity (Wildman–Crippen MR) is 76.5 cm³/mol. The molecule has 4 heteroatoms. The van der Waals surface area contributed by atoms with Crippen molar-refractivity contribution < 1.29 is 8.42 Å². The maximum Gasteiger partial charge on any atom is 0.147 e. The summed E-state index contributed by atoms with van der Waals surface area (Å²) in [7, 11) is -2.90. The Bertz CT molecular complexity index is 451. The summed E-state index contributed by atoms with van der Waals surface area (Å²) in [6.45, 7) is 5.06. The Morgan fingerprint density at radius 2 is 1.83 bits per heavy atom. The van der Waals surface area contributed by atoms with E-state index in [1.807, 2.05) is 0 Å². The van der Waals surface area contributed by atoms with Crippen LogP contribution in [0.25, 0.3) is 0 Å². The molecule has 1 N–H and O–H groups in total. The van der Waals surface area contributed by atoms with Crippen LogP contribution in [-0.4, -0.2) is 27.0 Å². The second-order valence-electron chi connectivity index (χ2n) is 4.84. The zero-order valence-electron chi connectivity index (χ0n) is 11.4. The summed E-state index contributed by atoms with van der Waals surface area (Å²) in [5.41, 5.74) is 2.38. The van der Waals surface area contributed by atoms with E-state index in [0.29, 0.717) is 6.42 Å². The van der Waals surface area contributed by atoms with E-state index < -0.39 is 9.84 Å². The fraction of sp³-hybridized carbons (Fsp3) is 0.571. The smallest absolute Gasteiger partial charge is 0.147 e. The van der Waals surface area contributed by atoms with Gasteiger partial charge in [-0.3, -0.25) is 0 Å². The van der Waals surface area contributed by atoms with Crippen molar-refractivity contribution in [1.82, 2.24) is 5.32 Å². The summed E-state index contributed by atoms with van der Waals surface area (Å²) in [6.07, 6.45) is 2.96. The lowest BCUT2D eigenvalue weighted by Gasteiger charge is -2.18. The number of benzene rings is 1. The molecule has 0 heterocycles. The molecule has 0 fully saturated rings. The van der Waals surface area contributed by atoms with Gasteiger partial charge in [0.25, 0.3) is 0 Å². The monoisotopic (exact) mass is 269 g/mol. The fourth-order valence-electron chi connectivity index (χ4n) is 1.84. The summed E-state index contributed by atoms with van der Waals surface area (Å²) in [6, 6.07) is 8.41. The highest BCUT2D eigenvalue weighted by Crippen LogP contribution is 2.18. The van der Waals surface area contributed by atoms with Gasteiger partial charge in [0.2, 0.25) is 0 Å². The van der Waals surface area contributed by atoms with Crippen LogP contribution < -0.4 is 5.32 Å². The van der Waals surface area contributed by atoms with E-state index in [9.17, 15) is 8.42 Å². The van der Waals surface area contributed by atoms with E-state index >= 15 is 0 Å². The van der Waals surface area contributed by atoms with Gasteiger partial charge in [-0.25, -0.2) is 8.42 Å². The molecule has 0 radical (unpaired) electrons. The molecule has 3 nitrogen and oxygen atoms in total. The summed E-state index contributed by atoms with van der Waals surface area (Å²) < 4.78 is 22.5. The number of rotatable bonds is 7. The SMILES string of the molecule is CCCNC(CCS(C)(=O)=O)c1ccc(C)cc1. The van der Waals surface area contributed by atoms with Crippen molar-refractivity contribution in [2.24, 2.45) is 0 Å². The molecule has 0 bridgehead atoms. The molecule has 1 aromatic carbocycles. The Balaban J connectivity index is 2.74. The second-order valence-corrected chi connectivity index (χ2v) is 7.10. The minimum Gasteiger partial charge on any atom is -0.310 e. The van der Waals surface area contributed by atoms with Crippen LogP contribution in [0.1, 0.15) is 36.9 Å². The standard InChI is InChI=1S/C14H23NO2S/c1-4-10-15-14(9-11-18(3,16)17)13-7-5-12(2)6-8-13/h5-8,14-15H,4,9-11H2,1-3H3. The van der Waals surface area contributed by atoms with Crippen molar-refractivity contribution in [3.63, 3.8) is 0 Å². The molecule has 1 atom stereocenters. The summed E-state index contributed by atoms with van der Waals surface area (Å²) in [5.74, 6) is 0.224. The molecule has 0 aliphatic heterocycles. The largest absolute Gasteiger partial charge is 0.310 e. The Morgan fingerprint density at radius 3 is 2.33 bits per heavy atom. The zero-order chi connectivity index (χ0) is 13.6. The summed E-state index contributed by atoms with van der Waals surface area (Å²) >= 11 is 0. The Kier molecular flexibility index (Phi) is 5.82. The van der Waals surface area contributed by atoms with Gasteiger partial charge >= 0.3 is 0 Å². The topological polar surface area (TPSA) is 46.2 Å². The van der Waals surface area contributed by atoms with Gasteiger partial charge in [-0.05, 0) is 31.9 Å². The molecule has 1 unspecified atom stereocenters. The van der Waals surface area contributed by atoms with Crippen LogP contribution in [-0.2, 0) is 9.84 Å². The zero-order valence-corrected chi connectivity index (χ0v) is 12.3. The first-order chi connectivity index (χ1) is 8.42. The van der Waals surface area contributed by atoms with E-state index in [0.717, 1.165) is 18.5 Å². The third-order valence-electron chi connectivity index (χ3n) is 2.90. The van der Waals surface area contributed by atoms with Crippen LogP contribution in [0.15, 0.2) is 24.3 Å². The van der Waals surface area contributed by atoms with Gasteiger partial charge in [0, 0.05) is 12.3 Å². The van der Waals surface area contributed by atoms with Crippen LogP contribution in [0.5, 0.6) is 0 Å². The third-order valence-corrected chi connectivity index (χ3v) is 3.88. The Hall–Kier alpha value is -0.870. The number of sulfone groups is 1. The molecule has 0 aromatic heterocycles. The number of aryl methyl sites for hydroxylation is 1. The lowest BCUT2D eigenvalue weighted by molar-refractivity contribution is 0.513. The van der Waals surface area contributed by atoms with E-state index in [1.165, 1.54) is 11.8 Å². The van der Waals surface area contributed by atoms with Gasteiger partial charge in [0.1, 0.15) is 9.84 Å². The highest BCUT2D eigenvalue weighted by molar-refractivity contribution is 7.90. The Morgan fingerprint density at radius 1 is 1.22 bits per heavy atom. The first-order valence-corrected chi connectivity index (χ1v) is 8.46. The lowest BCUT2D eigenvalue weighted by Crippen LogP contribution is -2.24. The molecular weight excluding hydrogens is 246 g/mol. The third kappa shape index (κ3) is 5.65. The summed E-state index contributed by atoms with van der Waals surface area (Å²) in [4.78, 5) is 0. The van der Waals surface area contributed by atoms with Gasteiger partial charge in [-0.2, -0.15) is 0 Å². The maximum atomic E-state index is 11.3. The van der Waals surface area contributed by atoms with E-state index in [4.69, 9.17) is 0 Å². The predicted octanol–water partition coefficient (Wildman–Crippen LogP) is 2.47. The highest BCUT2D eigenvalue weighted by Gasteiger charge is 2.13. The van der Waals surface area contributed by atoms with Crippen LogP contribution in [0.4, 0.5) is 0 Å². The number of nitrogens with one attached hydrogen (secondary N) is 1. The van der Waals surface area contributed by atoms with E-state index in [-0.39, 0.29) is 11.8 Å². The van der Waals surface area contributed by atoms with Crippen LogP contribution in [0.3, 0.4) is 0 Å². The van der Waals surface area contributed by atoms with Crippen molar-refractivity contribution in [3.8, 4) is 0 Å². The molecule has 0 aliphatic carbocycles. The van der Waals surface area contributed by atoms with Gasteiger partial charge in [0.15, 0.2) is 0 Å². The van der Waals surface area contributed by atoms with E-state index in [2.05, 4.69) is 43.4 Å². The molecule has 1 aromatic rings. The van der Waals surface area contributed by atoms with Crippen molar-refractivity contribution in [2.45, 2.75) is 32.7 Å². The van der Waals surface area contributed by atoms with Crippen LogP contribution in [0.2, 0.25) is 0 Å². The van der Waals surface area contributed by atoms with Crippen molar-refractivity contribution in [2.75, 3.05) is 18.6 Å². The minimum atomic E-state index is -2.90. The molecule has 102 valence electrons. The molecule has 0 amide bonds. The van der Waals surface area contributed by atoms with Crippen LogP contribution >= 0.6 is 0 Å².